The van der Waals surface area contributed by atoms with E-state index in [4.69, 9.17) is 4.42 Å². The fourth-order valence-electron chi connectivity index (χ4n) is 2.38. The Labute approximate surface area is 122 Å². The second-order valence-corrected chi connectivity index (χ2v) is 4.97. The molecular weight excluding hydrogens is 266 g/mol. The fraction of sp³-hybridized carbons (Fsp3) is 0.250. The average molecular weight is 283 g/mol. The first kappa shape index (κ1) is 13.6. The molecule has 5 nitrogen and oxygen atoms in total. The molecule has 0 saturated heterocycles. The minimum Gasteiger partial charge on any atom is -0.443 e. The average Bonchev–Trinajstić information content (AvgIpc) is 2.81. The Morgan fingerprint density at radius 2 is 1.90 bits per heavy atom. The molecule has 0 aliphatic heterocycles. The Hall–Kier alpha value is -2.40. The van der Waals surface area contributed by atoms with Crippen LogP contribution in [0.2, 0.25) is 0 Å². The van der Waals surface area contributed by atoms with Crippen LogP contribution in [-0.4, -0.2) is 15.1 Å². The molecule has 3 aromatic rings. The van der Waals surface area contributed by atoms with Gasteiger partial charge < -0.3 is 14.8 Å². The van der Waals surface area contributed by atoms with Crippen LogP contribution in [0.25, 0.3) is 11.1 Å². The summed E-state index contributed by atoms with van der Waals surface area (Å²) in [4.78, 5) is 8.46. The number of aliphatic hydroxyl groups is 1. The maximum Gasteiger partial charge on any atom is 0.231 e. The van der Waals surface area contributed by atoms with Crippen LogP contribution in [0, 0.1) is 13.8 Å². The molecule has 2 N–H and O–H groups in total. The Morgan fingerprint density at radius 1 is 1.14 bits per heavy atom. The minimum absolute atomic E-state index is 0.0287. The predicted octanol–water partition coefficient (Wildman–Crippen LogP) is 2.94. The number of aromatic nitrogens is 2. The molecule has 2 aromatic heterocycles. The molecule has 5 heteroatoms. The molecule has 3 rings (SSSR count). The van der Waals surface area contributed by atoms with E-state index >= 15 is 0 Å². The number of aryl methyl sites for hydroxylation is 2. The Morgan fingerprint density at radius 3 is 2.67 bits per heavy atom. The number of nitrogens with zero attached hydrogens (tertiary/aromatic N) is 2. The predicted molar refractivity (Wildman–Crippen MR) is 81.0 cm³/mol. The summed E-state index contributed by atoms with van der Waals surface area (Å²) >= 11 is 0. The number of furan rings is 1. The summed E-state index contributed by atoms with van der Waals surface area (Å²) in [7, 11) is 0. The highest BCUT2D eigenvalue weighted by Crippen LogP contribution is 2.28. The molecule has 0 saturated carbocycles. The second kappa shape index (κ2) is 5.54. The van der Waals surface area contributed by atoms with E-state index < -0.39 is 0 Å². The topological polar surface area (TPSA) is 71.2 Å². The van der Waals surface area contributed by atoms with Crippen molar-refractivity contribution in [2.24, 2.45) is 0 Å². The van der Waals surface area contributed by atoms with E-state index in [1.807, 2.05) is 38.1 Å². The molecule has 0 unspecified atom stereocenters. The van der Waals surface area contributed by atoms with Gasteiger partial charge in [0.15, 0.2) is 0 Å². The minimum atomic E-state index is 0.0287. The maximum atomic E-state index is 9.37. The zero-order valence-corrected chi connectivity index (χ0v) is 12.1. The van der Waals surface area contributed by atoms with Crippen molar-refractivity contribution >= 4 is 16.9 Å². The zero-order chi connectivity index (χ0) is 14.8. The van der Waals surface area contributed by atoms with E-state index in [0.717, 1.165) is 33.7 Å². The van der Waals surface area contributed by atoms with Crippen molar-refractivity contribution < 1.29 is 9.52 Å². The Balaban J connectivity index is 1.92. The van der Waals surface area contributed by atoms with Crippen molar-refractivity contribution in [1.29, 1.82) is 0 Å². The van der Waals surface area contributed by atoms with Crippen LogP contribution in [0.3, 0.4) is 0 Å². The quantitative estimate of drug-likeness (QED) is 0.770. The summed E-state index contributed by atoms with van der Waals surface area (Å²) in [6.07, 6.45) is 1.49. The second-order valence-electron chi connectivity index (χ2n) is 4.97. The molecule has 0 spiro atoms. The number of hydrogen-bond acceptors (Lipinski definition) is 5. The van der Waals surface area contributed by atoms with Gasteiger partial charge in [-0.05, 0) is 25.0 Å². The molecule has 0 atom stereocenters. The fourth-order valence-corrected chi connectivity index (χ4v) is 2.38. The molecular formula is C16H17N3O2. The van der Waals surface area contributed by atoms with Crippen molar-refractivity contribution in [3.8, 4) is 0 Å². The first-order chi connectivity index (χ1) is 10.2. The Bertz CT molecular complexity index is 780. The summed E-state index contributed by atoms with van der Waals surface area (Å²) in [6, 6.07) is 7.78. The number of rotatable bonds is 4. The highest BCUT2D eigenvalue weighted by Gasteiger charge is 2.13. The summed E-state index contributed by atoms with van der Waals surface area (Å²) < 4.78 is 5.61. The number of fused-ring (bicyclic) bond motifs is 1. The monoisotopic (exact) mass is 283 g/mol. The van der Waals surface area contributed by atoms with Crippen molar-refractivity contribution in [3.63, 3.8) is 0 Å². The highest BCUT2D eigenvalue weighted by atomic mass is 16.3. The lowest BCUT2D eigenvalue weighted by Gasteiger charge is -2.10. The summed E-state index contributed by atoms with van der Waals surface area (Å²) in [5, 5.41) is 13.6. The number of aliphatic hydroxyl groups excluding tert-OH is 1. The highest BCUT2D eigenvalue weighted by molar-refractivity contribution is 5.89. The van der Waals surface area contributed by atoms with E-state index in [1.165, 1.54) is 6.33 Å². The summed E-state index contributed by atoms with van der Waals surface area (Å²) in [6.45, 7) is 4.53. The largest absolute Gasteiger partial charge is 0.443 e. The number of hydrogen-bond donors (Lipinski definition) is 2. The van der Waals surface area contributed by atoms with Crippen LogP contribution in [-0.2, 0) is 13.2 Å². The van der Waals surface area contributed by atoms with Crippen LogP contribution in [0.15, 0.2) is 35.0 Å². The van der Waals surface area contributed by atoms with Gasteiger partial charge in [0, 0.05) is 12.1 Å². The van der Waals surface area contributed by atoms with Crippen molar-refractivity contribution in [3.05, 3.63) is 53.0 Å². The van der Waals surface area contributed by atoms with Gasteiger partial charge in [-0.15, -0.1) is 0 Å². The molecule has 1 aromatic carbocycles. The number of benzene rings is 1. The third kappa shape index (κ3) is 2.48. The molecule has 0 bridgehead atoms. The first-order valence-corrected chi connectivity index (χ1v) is 6.83. The van der Waals surface area contributed by atoms with E-state index in [-0.39, 0.29) is 6.61 Å². The van der Waals surface area contributed by atoms with E-state index in [1.54, 1.807) is 0 Å². The molecule has 21 heavy (non-hydrogen) atoms. The lowest BCUT2D eigenvalue weighted by atomic mass is 10.1. The molecule has 0 radical (unpaired) electrons. The van der Waals surface area contributed by atoms with Gasteiger partial charge in [0.2, 0.25) is 5.71 Å². The van der Waals surface area contributed by atoms with Crippen LogP contribution < -0.4 is 5.32 Å². The van der Waals surface area contributed by atoms with Gasteiger partial charge in [-0.1, -0.05) is 24.3 Å². The van der Waals surface area contributed by atoms with Gasteiger partial charge in [-0.3, -0.25) is 0 Å². The van der Waals surface area contributed by atoms with E-state index in [2.05, 4.69) is 15.3 Å². The lowest BCUT2D eigenvalue weighted by molar-refractivity contribution is 0.280. The third-order valence-corrected chi connectivity index (χ3v) is 3.70. The van der Waals surface area contributed by atoms with Gasteiger partial charge >= 0.3 is 0 Å². The van der Waals surface area contributed by atoms with Gasteiger partial charge in [-0.25, -0.2) is 9.97 Å². The van der Waals surface area contributed by atoms with E-state index in [9.17, 15) is 5.11 Å². The zero-order valence-electron chi connectivity index (χ0n) is 12.1. The van der Waals surface area contributed by atoms with Crippen LogP contribution in [0.5, 0.6) is 0 Å². The molecule has 0 aliphatic rings. The van der Waals surface area contributed by atoms with Crippen molar-refractivity contribution in [2.75, 3.05) is 5.32 Å². The van der Waals surface area contributed by atoms with Gasteiger partial charge in [0.25, 0.3) is 0 Å². The normalized spacial score (nSPS) is 11.0. The van der Waals surface area contributed by atoms with Crippen LogP contribution >= 0.6 is 0 Å². The standard InChI is InChI=1S/C16H17N3O2/c1-10-11(2)21-16-14(10)15(18-9-19-16)17-7-12-5-3-4-6-13(12)8-20/h3-6,9,20H,7-8H2,1-2H3,(H,17,18,19). The Kier molecular flexibility index (Phi) is 3.58. The van der Waals surface area contributed by atoms with Gasteiger partial charge in [0.1, 0.15) is 17.9 Å². The third-order valence-electron chi connectivity index (χ3n) is 3.70. The van der Waals surface area contributed by atoms with Crippen LogP contribution in [0.4, 0.5) is 5.82 Å². The van der Waals surface area contributed by atoms with E-state index in [0.29, 0.717) is 12.3 Å². The maximum absolute atomic E-state index is 9.37. The van der Waals surface area contributed by atoms with Crippen LogP contribution in [0.1, 0.15) is 22.5 Å². The molecule has 0 fully saturated rings. The summed E-state index contributed by atoms with van der Waals surface area (Å²) in [5.41, 5.74) is 3.60. The van der Waals surface area contributed by atoms with Crippen molar-refractivity contribution in [1.82, 2.24) is 9.97 Å². The van der Waals surface area contributed by atoms with Crippen molar-refractivity contribution in [2.45, 2.75) is 27.0 Å². The first-order valence-electron chi connectivity index (χ1n) is 6.83. The molecule has 2 heterocycles. The molecule has 108 valence electrons. The number of nitrogens with one attached hydrogen (secondary N) is 1. The van der Waals surface area contributed by atoms with Gasteiger partial charge in [-0.2, -0.15) is 0 Å². The SMILES string of the molecule is Cc1oc2ncnc(NCc3ccccc3CO)c2c1C. The molecule has 0 amide bonds. The smallest absolute Gasteiger partial charge is 0.231 e. The van der Waals surface area contributed by atoms with Gasteiger partial charge in [0.05, 0.1) is 12.0 Å². The summed E-state index contributed by atoms with van der Waals surface area (Å²) in [5.74, 6) is 1.60. The molecule has 0 aliphatic carbocycles. The lowest BCUT2D eigenvalue weighted by Crippen LogP contribution is -2.05. The number of anilines is 1.